The van der Waals surface area contributed by atoms with E-state index in [1.165, 1.54) is 19.3 Å². The minimum atomic E-state index is -0.181. The first-order chi connectivity index (χ1) is 15.0. The Morgan fingerprint density at radius 3 is 2.97 bits per heavy atom. The van der Waals surface area contributed by atoms with Crippen LogP contribution >= 0.6 is 15.9 Å². The third-order valence-corrected chi connectivity index (χ3v) is 6.84. The van der Waals surface area contributed by atoms with Crippen LogP contribution in [0.25, 0.3) is 11.0 Å². The van der Waals surface area contributed by atoms with Crippen molar-refractivity contribution in [2.24, 2.45) is 0 Å². The predicted molar refractivity (Wildman–Crippen MR) is 128 cm³/mol. The first-order valence-corrected chi connectivity index (χ1v) is 11.7. The number of aromatic nitrogens is 1. The molecule has 0 bridgehead atoms. The second kappa shape index (κ2) is 9.83. The predicted octanol–water partition coefficient (Wildman–Crippen LogP) is 5.64. The normalized spacial score (nSPS) is 17.1. The number of likely N-dealkylation sites (tertiary alicyclic amines) is 1. The zero-order valence-electron chi connectivity index (χ0n) is 18.1. The lowest BCUT2D eigenvalue weighted by Crippen LogP contribution is -2.39. The molecule has 1 atom stereocenters. The highest BCUT2D eigenvalue weighted by atomic mass is 79.9. The van der Waals surface area contributed by atoms with E-state index in [0.29, 0.717) is 29.7 Å². The Labute approximate surface area is 191 Å². The van der Waals surface area contributed by atoms with E-state index < -0.39 is 0 Å². The molecule has 0 radical (unpaired) electrons. The van der Waals surface area contributed by atoms with Crippen molar-refractivity contribution in [2.45, 2.75) is 45.6 Å². The van der Waals surface area contributed by atoms with Crippen LogP contribution in [0.1, 0.15) is 48.7 Å². The third kappa shape index (κ3) is 5.28. The third-order valence-electron chi connectivity index (χ3n) is 5.95. The molecule has 7 heteroatoms. The number of hydrogen-bond donors (Lipinski definition) is 2. The van der Waals surface area contributed by atoms with E-state index in [0.717, 1.165) is 40.6 Å². The van der Waals surface area contributed by atoms with Gasteiger partial charge in [-0.05, 0) is 69.5 Å². The van der Waals surface area contributed by atoms with E-state index in [2.05, 4.69) is 43.4 Å². The highest BCUT2D eigenvalue weighted by Gasteiger charge is 2.18. The summed E-state index contributed by atoms with van der Waals surface area (Å²) in [5.74, 6) is 0.431. The summed E-state index contributed by atoms with van der Waals surface area (Å²) in [7, 11) is 0. The van der Waals surface area contributed by atoms with Gasteiger partial charge >= 0.3 is 0 Å². The monoisotopic (exact) mass is 484 g/mol. The summed E-state index contributed by atoms with van der Waals surface area (Å²) in [4.78, 5) is 19.9. The van der Waals surface area contributed by atoms with Crippen LogP contribution in [0, 0.1) is 6.92 Å². The number of piperidine rings is 1. The molecule has 1 aliphatic heterocycles. The maximum Gasteiger partial charge on any atom is 0.270 e. The average molecular weight is 485 g/mol. The van der Waals surface area contributed by atoms with Gasteiger partial charge in [0.25, 0.3) is 5.91 Å². The molecule has 2 aromatic heterocycles. The molecule has 0 saturated carbocycles. The van der Waals surface area contributed by atoms with Crippen molar-refractivity contribution in [3.05, 3.63) is 52.3 Å². The van der Waals surface area contributed by atoms with E-state index in [1.807, 2.05) is 31.2 Å². The molecule has 0 spiro atoms. The molecule has 0 unspecified atom stereocenters. The Balaban J connectivity index is 1.42. The largest absolute Gasteiger partial charge is 0.464 e. The molecule has 6 nitrogen and oxygen atoms in total. The number of hydrogen-bond acceptors (Lipinski definition) is 5. The summed E-state index contributed by atoms with van der Waals surface area (Å²) in [6.45, 7) is 7.14. The van der Waals surface area contributed by atoms with E-state index in [-0.39, 0.29) is 5.91 Å². The van der Waals surface area contributed by atoms with Gasteiger partial charge in [0.15, 0.2) is 0 Å². The molecule has 31 heavy (non-hydrogen) atoms. The summed E-state index contributed by atoms with van der Waals surface area (Å²) in [6.07, 6.45) is 6.42. The minimum Gasteiger partial charge on any atom is -0.464 e. The van der Waals surface area contributed by atoms with E-state index >= 15 is 0 Å². The number of rotatable bonds is 7. The number of pyridine rings is 1. The fraction of sp³-hybridized carbons (Fsp3) is 0.417. The van der Waals surface area contributed by atoms with Crippen molar-refractivity contribution in [1.82, 2.24) is 15.2 Å². The number of carbonyl (C=O) groups is 1. The molecular weight excluding hydrogens is 456 g/mol. The van der Waals surface area contributed by atoms with E-state index in [9.17, 15) is 4.79 Å². The van der Waals surface area contributed by atoms with Crippen LogP contribution in [0.2, 0.25) is 0 Å². The molecule has 1 fully saturated rings. The number of benzene rings is 1. The van der Waals surface area contributed by atoms with Crippen LogP contribution in [0.3, 0.4) is 0 Å². The summed E-state index contributed by atoms with van der Waals surface area (Å²) in [5, 5.41) is 7.19. The quantitative estimate of drug-likeness (QED) is 0.424. The Kier molecular flexibility index (Phi) is 6.92. The van der Waals surface area contributed by atoms with Crippen molar-refractivity contribution in [1.29, 1.82) is 0 Å². The van der Waals surface area contributed by atoms with Gasteiger partial charge in [0, 0.05) is 35.4 Å². The zero-order valence-corrected chi connectivity index (χ0v) is 19.7. The van der Waals surface area contributed by atoms with Crippen LogP contribution in [-0.4, -0.2) is 41.5 Å². The lowest BCUT2D eigenvalue weighted by Gasteiger charge is -2.33. The molecule has 164 valence electrons. The number of fused-ring (bicyclic) bond motifs is 1. The first-order valence-electron chi connectivity index (χ1n) is 10.9. The number of nitrogens with one attached hydrogen (secondary N) is 2. The van der Waals surface area contributed by atoms with Crippen LogP contribution < -0.4 is 10.6 Å². The topological polar surface area (TPSA) is 70.4 Å². The van der Waals surface area contributed by atoms with Crippen LogP contribution in [0.5, 0.6) is 0 Å². The van der Waals surface area contributed by atoms with Crippen molar-refractivity contribution in [3.8, 4) is 0 Å². The van der Waals surface area contributed by atoms with Gasteiger partial charge < -0.3 is 20.0 Å². The highest BCUT2D eigenvalue weighted by molar-refractivity contribution is 9.10. The molecule has 0 aliphatic carbocycles. The van der Waals surface area contributed by atoms with Gasteiger partial charge in [-0.2, -0.15) is 0 Å². The smallest absolute Gasteiger partial charge is 0.270 e. The zero-order chi connectivity index (χ0) is 21.8. The fourth-order valence-corrected chi connectivity index (χ4v) is 4.35. The number of furan rings is 1. The molecule has 1 aliphatic rings. The van der Waals surface area contributed by atoms with Crippen molar-refractivity contribution < 1.29 is 9.21 Å². The van der Waals surface area contributed by atoms with Gasteiger partial charge in [-0.15, -0.1) is 0 Å². The van der Waals surface area contributed by atoms with Crippen molar-refractivity contribution in [2.75, 3.05) is 25.0 Å². The SMILES string of the molecule is Cc1cc(Nc2nc(C(=O)NCCCN3CCCC[C@@H]3C)cc3occc23)ccc1Br. The maximum atomic E-state index is 12.8. The summed E-state index contributed by atoms with van der Waals surface area (Å²) in [6, 6.07) is 10.2. The second-order valence-electron chi connectivity index (χ2n) is 8.27. The minimum absolute atomic E-state index is 0.181. The first kappa shape index (κ1) is 21.8. The molecule has 1 amide bonds. The molecular formula is C24H29BrN4O2. The maximum absolute atomic E-state index is 12.8. The standard InChI is InChI=1S/C24H29BrN4O2/c1-16-14-18(7-8-20(16)25)27-23-19-9-13-31-22(19)15-21(28-23)24(30)26-10-5-12-29-11-4-3-6-17(29)2/h7-9,13-15,17H,3-6,10-12H2,1-2H3,(H,26,30)(H,27,28)/t17-/m0/s1. The van der Waals surface area contributed by atoms with Crippen LogP contribution in [0.15, 0.2) is 45.5 Å². The number of anilines is 2. The number of halogens is 1. The molecule has 1 saturated heterocycles. The molecule has 4 rings (SSSR count). The number of aryl methyl sites for hydroxylation is 1. The molecule has 2 N–H and O–H groups in total. The summed E-state index contributed by atoms with van der Waals surface area (Å²) >= 11 is 3.52. The van der Waals surface area contributed by atoms with Gasteiger partial charge in [0.2, 0.25) is 0 Å². The summed E-state index contributed by atoms with van der Waals surface area (Å²) in [5.41, 5.74) is 3.01. The molecule has 3 heterocycles. The van der Waals surface area contributed by atoms with Crippen molar-refractivity contribution >= 4 is 44.3 Å². The lowest BCUT2D eigenvalue weighted by atomic mass is 10.0. The van der Waals surface area contributed by atoms with Gasteiger partial charge in [0.05, 0.1) is 11.6 Å². The lowest BCUT2D eigenvalue weighted by molar-refractivity contribution is 0.0944. The van der Waals surface area contributed by atoms with Crippen LogP contribution in [-0.2, 0) is 0 Å². The fourth-order valence-electron chi connectivity index (χ4n) is 4.10. The molecule has 3 aromatic rings. The average Bonchev–Trinajstić information content (AvgIpc) is 3.24. The number of amides is 1. The van der Waals surface area contributed by atoms with E-state index in [4.69, 9.17) is 4.42 Å². The Bertz CT molecular complexity index is 1060. The Morgan fingerprint density at radius 1 is 1.29 bits per heavy atom. The Morgan fingerprint density at radius 2 is 2.16 bits per heavy atom. The number of nitrogens with zero attached hydrogens (tertiary/aromatic N) is 2. The van der Waals surface area contributed by atoms with Gasteiger partial charge in [0.1, 0.15) is 17.1 Å². The Hall–Kier alpha value is -2.38. The molecule has 1 aromatic carbocycles. The van der Waals surface area contributed by atoms with Gasteiger partial charge in [-0.25, -0.2) is 4.98 Å². The number of carbonyl (C=O) groups excluding carboxylic acids is 1. The van der Waals surface area contributed by atoms with E-state index in [1.54, 1.807) is 12.3 Å². The van der Waals surface area contributed by atoms with Crippen LogP contribution in [0.4, 0.5) is 11.5 Å². The van der Waals surface area contributed by atoms with Gasteiger partial charge in [-0.1, -0.05) is 22.4 Å². The summed E-state index contributed by atoms with van der Waals surface area (Å²) < 4.78 is 6.62. The highest BCUT2D eigenvalue weighted by Crippen LogP contribution is 2.28. The van der Waals surface area contributed by atoms with Gasteiger partial charge in [-0.3, -0.25) is 4.79 Å². The second-order valence-corrected chi connectivity index (χ2v) is 9.12. The van der Waals surface area contributed by atoms with Crippen molar-refractivity contribution in [3.63, 3.8) is 0 Å².